The van der Waals surface area contributed by atoms with E-state index in [9.17, 15) is 8.42 Å². The van der Waals surface area contributed by atoms with E-state index in [-0.39, 0.29) is 0 Å². The molecule has 5 heteroatoms. The van der Waals surface area contributed by atoms with Crippen molar-refractivity contribution in [1.29, 1.82) is 0 Å². The van der Waals surface area contributed by atoms with E-state index in [1.54, 1.807) is 0 Å². The molecule has 1 aliphatic rings. The molecule has 0 aliphatic heterocycles. The van der Waals surface area contributed by atoms with Gasteiger partial charge in [0.15, 0.2) is 0 Å². The maximum atomic E-state index is 10.7. The fourth-order valence-corrected chi connectivity index (χ4v) is 2.02. The molecule has 1 rings (SSSR count). The Morgan fingerprint density at radius 2 is 2.09 bits per heavy atom. The molecule has 1 fully saturated rings. The quantitative estimate of drug-likeness (QED) is 0.638. The maximum Gasteiger partial charge on any atom is 0.270 e. The Hall–Kier alpha value is -0.130. The minimum atomic E-state index is -3.84. The van der Waals surface area contributed by atoms with Crippen LogP contribution < -0.4 is 0 Å². The van der Waals surface area contributed by atoms with Gasteiger partial charge >= 0.3 is 0 Å². The van der Waals surface area contributed by atoms with Crippen LogP contribution in [0.25, 0.3) is 0 Å². The molecule has 0 atom stereocenters. The van der Waals surface area contributed by atoms with E-state index < -0.39 is 14.9 Å². The molecule has 0 unspecified atom stereocenters. The molecule has 0 heterocycles. The van der Waals surface area contributed by atoms with Gasteiger partial charge in [-0.05, 0) is 19.3 Å². The first kappa shape index (κ1) is 8.96. The zero-order valence-corrected chi connectivity index (χ0v) is 7.23. The molecule has 0 radical (unpaired) electrons. The lowest BCUT2D eigenvalue weighted by molar-refractivity contribution is 0.190. The van der Waals surface area contributed by atoms with Gasteiger partial charge in [0.2, 0.25) is 0 Å². The van der Waals surface area contributed by atoms with Crippen molar-refractivity contribution in [3.05, 3.63) is 0 Å². The Morgan fingerprint density at radius 3 is 2.36 bits per heavy atom. The highest BCUT2D eigenvalue weighted by Gasteiger charge is 2.53. The van der Waals surface area contributed by atoms with Crippen molar-refractivity contribution in [2.24, 2.45) is 0 Å². The third-order valence-corrected chi connectivity index (χ3v) is 3.82. The average Bonchev–Trinajstić information content (AvgIpc) is 2.61. The van der Waals surface area contributed by atoms with Gasteiger partial charge in [0.1, 0.15) is 0 Å². The summed E-state index contributed by atoms with van der Waals surface area (Å²) >= 11 is 0. The zero-order chi connectivity index (χ0) is 8.54. The second kappa shape index (κ2) is 2.73. The van der Waals surface area contributed by atoms with Crippen LogP contribution in [0.4, 0.5) is 0 Å². The second-order valence-corrected chi connectivity index (χ2v) is 4.72. The summed E-state index contributed by atoms with van der Waals surface area (Å²) in [6.45, 7) is 0.389. The van der Waals surface area contributed by atoms with E-state index in [1.165, 1.54) is 7.11 Å². The number of hydrogen-bond donors (Lipinski definition) is 1. The highest BCUT2D eigenvalue weighted by molar-refractivity contribution is 7.87. The minimum Gasteiger partial charge on any atom is -0.385 e. The summed E-state index contributed by atoms with van der Waals surface area (Å²) in [5.41, 5.74) is 0. The van der Waals surface area contributed by atoms with Crippen molar-refractivity contribution in [3.8, 4) is 0 Å². The van der Waals surface area contributed by atoms with Gasteiger partial charge in [-0.1, -0.05) is 0 Å². The van der Waals surface area contributed by atoms with Gasteiger partial charge in [-0.25, -0.2) is 0 Å². The summed E-state index contributed by atoms with van der Waals surface area (Å²) in [6, 6.07) is 0. The standard InChI is InChI=1S/C6H12O4S/c1-10-5-4-6(2-3-6)11(7,8)9/h2-5H2,1H3,(H,7,8,9). The molecular formula is C6H12O4S. The van der Waals surface area contributed by atoms with Crippen LogP contribution in [-0.4, -0.2) is 31.4 Å². The van der Waals surface area contributed by atoms with Gasteiger partial charge in [-0.3, -0.25) is 4.55 Å². The number of ether oxygens (including phenoxy) is 1. The summed E-state index contributed by atoms with van der Waals surface area (Å²) in [5, 5.41) is 0. The van der Waals surface area contributed by atoms with E-state index in [2.05, 4.69) is 0 Å². The third-order valence-electron chi connectivity index (χ3n) is 2.12. The Bertz CT molecular complexity index is 227. The Labute approximate surface area is 66.3 Å². The summed E-state index contributed by atoms with van der Waals surface area (Å²) in [7, 11) is -2.33. The number of methoxy groups -OCH3 is 1. The lowest BCUT2D eigenvalue weighted by Crippen LogP contribution is -2.23. The molecule has 0 aromatic rings. The van der Waals surface area contributed by atoms with Crippen LogP contribution in [0.5, 0.6) is 0 Å². The lowest BCUT2D eigenvalue weighted by Gasteiger charge is -2.09. The van der Waals surface area contributed by atoms with Crippen LogP contribution in [0, 0.1) is 0 Å². The molecule has 0 bridgehead atoms. The van der Waals surface area contributed by atoms with Crippen molar-refractivity contribution in [3.63, 3.8) is 0 Å². The summed E-state index contributed by atoms with van der Waals surface area (Å²) in [6.07, 6.45) is 1.53. The summed E-state index contributed by atoms with van der Waals surface area (Å²) < 4.78 is 34.1. The normalized spacial score (nSPS) is 21.6. The second-order valence-electron chi connectivity index (χ2n) is 2.90. The van der Waals surface area contributed by atoms with Crippen molar-refractivity contribution in [2.45, 2.75) is 24.0 Å². The Morgan fingerprint density at radius 1 is 1.55 bits per heavy atom. The molecule has 11 heavy (non-hydrogen) atoms. The average molecular weight is 180 g/mol. The van der Waals surface area contributed by atoms with Crippen molar-refractivity contribution >= 4 is 10.1 Å². The van der Waals surface area contributed by atoms with Gasteiger partial charge in [-0.2, -0.15) is 8.42 Å². The zero-order valence-electron chi connectivity index (χ0n) is 6.41. The molecule has 0 saturated heterocycles. The van der Waals surface area contributed by atoms with Crippen LogP contribution in [0.1, 0.15) is 19.3 Å². The molecular weight excluding hydrogens is 168 g/mol. The number of hydrogen-bond acceptors (Lipinski definition) is 3. The van der Waals surface area contributed by atoms with Gasteiger partial charge in [0, 0.05) is 13.7 Å². The first-order valence-electron chi connectivity index (χ1n) is 3.48. The molecule has 0 aromatic heterocycles. The van der Waals surface area contributed by atoms with Gasteiger partial charge in [0.25, 0.3) is 10.1 Å². The fourth-order valence-electron chi connectivity index (χ4n) is 1.06. The van der Waals surface area contributed by atoms with Crippen molar-refractivity contribution in [2.75, 3.05) is 13.7 Å². The molecule has 4 nitrogen and oxygen atoms in total. The van der Waals surface area contributed by atoms with E-state index in [1.807, 2.05) is 0 Å². The third kappa shape index (κ3) is 1.72. The van der Waals surface area contributed by atoms with Gasteiger partial charge < -0.3 is 4.74 Å². The van der Waals surface area contributed by atoms with Crippen LogP contribution in [-0.2, 0) is 14.9 Å². The lowest BCUT2D eigenvalue weighted by atomic mass is 10.3. The van der Waals surface area contributed by atoms with Crippen LogP contribution in [0.15, 0.2) is 0 Å². The van der Waals surface area contributed by atoms with Crippen LogP contribution >= 0.6 is 0 Å². The molecule has 0 spiro atoms. The Kier molecular flexibility index (Phi) is 2.22. The molecule has 0 amide bonds. The van der Waals surface area contributed by atoms with E-state index in [0.29, 0.717) is 25.9 Å². The van der Waals surface area contributed by atoms with E-state index in [4.69, 9.17) is 9.29 Å². The van der Waals surface area contributed by atoms with Crippen molar-refractivity contribution in [1.82, 2.24) is 0 Å². The predicted octanol–water partition coefficient (Wildman–Crippen LogP) is 0.443. The molecule has 1 N–H and O–H groups in total. The summed E-state index contributed by atoms with van der Waals surface area (Å²) in [5.74, 6) is 0. The maximum absolute atomic E-state index is 10.7. The molecule has 1 aliphatic carbocycles. The molecule has 0 aromatic carbocycles. The summed E-state index contributed by atoms with van der Waals surface area (Å²) in [4.78, 5) is 0. The minimum absolute atomic E-state index is 0.389. The Balaban J connectivity index is 2.55. The molecule has 66 valence electrons. The number of rotatable bonds is 4. The van der Waals surface area contributed by atoms with Gasteiger partial charge in [-0.15, -0.1) is 0 Å². The van der Waals surface area contributed by atoms with Crippen LogP contribution in [0.2, 0.25) is 0 Å². The monoisotopic (exact) mass is 180 g/mol. The molecule has 1 saturated carbocycles. The fraction of sp³-hybridized carbons (Fsp3) is 1.00. The smallest absolute Gasteiger partial charge is 0.270 e. The van der Waals surface area contributed by atoms with E-state index >= 15 is 0 Å². The van der Waals surface area contributed by atoms with Crippen LogP contribution in [0.3, 0.4) is 0 Å². The van der Waals surface area contributed by atoms with Crippen molar-refractivity contribution < 1.29 is 17.7 Å². The predicted molar refractivity (Wildman–Crippen MR) is 40.0 cm³/mol. The first-order valence-corrected chi connectivity index (χ1v) is 4.92. The van der Waals surface area contributed by atoms with E-state index in [0.717, 1.165) is 0 Å². The topological polar surface area (TPSA) is 63.6 Å². The van der Waals surface area contributed by atoms with Gasteiger partial charge in [0.05, 0.1) is 4.75 Å². The SMILES string of the molecule is COCCC1(S(=O)(=O)O)CC1. The largest absolute Gasteiger partial charge is 0.385 e. The first-order chi connectivity index (χ1) is 5.02. The highest BCUT2D eigenvalue weighted by atomic mass is 32.2. The highest BCUT2D eigenvalue weighted by Crippen LogP contribution is 2.45.